The number of carbonyl (C=O) groups is 2. The second-order valence-corrected chi connectivity index (χ2v) is 10.1. The molecule has 33 heavy (non-hydrogen) atoms. The van der Waals surface area contributed by atoms with Gasteiger partial charge in [0.05, 0.1) is 31.2 Å². The van der Waals surface area contributed by atoms with E-state index in [1.54, 1.807) is 29.2 Å². The molecule has 178 valence electrons. The molecule has 0 radical (unpaired) electrons. The number of amides is 2. The van der Waals surface area contributed by atoms with Gasteiger partial charge in [-0.25, -0.2) is 8.42 Å². The first kappa shape index (κ1) is 24.7. The Morgan fingerprint density at radius 1 is 1.06 bits per heavy atom. The molecule has 2 aromatic carbocycles. The number of carbonyl (C=O) groups excluding carboxylic acids is 2. The van der Waals surface area contributed by atoms with Gasteiger partial charge in [-0.3, -0.25) is 13.9 Å². The second-order valence-electron chi connectivity index (χ2n) is 8.16. The van der Waals surface area contributed by atoms with Crippen molar-refractivity contribution >= 4 is 27.5 Å². The molecule has 1 N–H and O–H groups in total. The Labute approximate surface area is 195 Å². The predicted molar refractivity (Wildman–Crippen MR) is 128 cm³/mol. The number of rotatable bonds is 8. The fourth-order valence-electron chi connectivity index (χ4n) is 3.71. The minimum atomic E-state index is -3.72. The van der Waals surface area contributed by atoms with Crippen molar-refractivity contribution in [2.24, 2.45) is 0 Å². The van der Waals surface area contributed by atoms with Gasteiger partial charge in [0, 0.05) is 18.7 Å². The lowest BCUT2D eigenvalue weighted by Gasteiger charge is -2.27. The maximum absolute atomic E-state index is 12.8. The maximum Gasteiger partial charge on any atom is 0.254 e. The minimum Gasteiger partial charge on any atom is -0.378 e. The zero-order valence-corrected chi connectivity index (χ0v) is 20.1. The van der Waals surface area contributed by atoms with Crippen LogP contribution in [-0.4, -0.2) is 64.2 Å². The van der Waals surface area contributed by atoms with E-state index >= 15 is 0 Å². The molecule has 0 bridgehead atoms. The summed E-state index contributed by atoms with van der Waals surface area (Å²) in [6.45, 7) is 5.66. The lowest BCUT2D eigenvalue weighted by atomic mass is 10.0. The molecule has 3 rings (SSSR count). The van der Waals surface area contributed by atoms with Crippen molar-refractivity contribution in [1.82, 2.24) is 10.2 Å². The van der Waals surface area contributed by atoms with Crippen LogP contribution < -0.4 is 9.62 Å². The van der Waals surface area contributed by atoms with Crippen LogP contribution in [0.2, 0.25) is 0 Å². The van der Waals surface area contributed by atoms with Crippen LogP contribution in [0.3, 0.4) is 0 Å². The molecule has 8 nitrogen and oxygen atoms in total. The van der Waals surface area contributed by atoms with Gasteiger partial charge in [-0.05, 0) is 43.2 Å². The number of nitrogens with zero attached hydrogens (tertiary/aromatic N) is 2. The Kier molecular flexibility index (Phi) is 8.10. The number of nitrogens with one attached hydrogen (secondary N) is 1. The van der Waals surface area contributed by atoms with Gasteiger partial charge in [-0.2, -0.15) is 0 Å². The molecule has 0 spiro atoms. The second kappa shape index (κ2) is 10.8. The lowest BCUT2D eigenvalue weighted by Crippen LogP contribution is -2.41. The quantitative estimate of drug-likeness (QED) is 0.636. The van der Waals surface area contributed by atoms with Crippen molar-refractivity contribution in [3.8, 4) is 0 Å². The van der Waals surface area contributed by atoms with Crippen LogP contribution in [0.1, 0.15) is 40.9 Å². The van der Waals surface area contributed by atoms with Crippen LogP contribution in [-0.2, 0) is 19.6 Å². The van der Waals surface area contributed by atoms with Gasteiger partial charge in [0.2, 0.25) is 15.9 Å². The molecule has 1 heterocycles. The standard InChI is InChI=1S/C24H31N3O5S/c1-4-22(19-7-5-18(2)6-8-19)25-23(28)17-27(33(3,30)31)21-11-9-20(10-12-21)24(29)26-13-15-32-16-14-26/h5-12,22H,4,13-17H2,1-3H3,(H,25,28). The van der Waals surface area contributed by atoms with Crippen molar-refractivity contribution in [2.75, 3.05) is 43.4 Å². The highest BCUT2D eigenvalue weighted by atomic mass is 32.2. The van der Waals surface area contributed by atoms with E-state index in [0.717, 1.165) is 21.7 Å². The van der Waals surface area contributed by atoms with Gasteiger partial charge < -0.3 is 15.0 Å². The minimum absolute atomic E-state index is 0.127. The van der Waals surface area contributed by atoms with E-state index in [0.29, 0.717) is 44.0 Å². The number of aryl methyl sites for hydroxylation is 1. The van der Waals surface area contributed by atoms with Crippen molar-refractivity contribution in [2.45, 2.75) is 26.3 Å². The summed E-state index contributed by atoms with van der Waals surface area (Å²) in [4.78, 5) is 27.1. The molecule has 1 aliphatic rings. The van der Waals surface area contributed by atoms with Crippen LogP contribution in [0.5, 0.6) is 0 Å². The Bertz CT molecular complexity index is 1060. The number of ether oxygens (including phenoxy) is 1. The molecule has 1 unspecified atom stereocenters. The molecular weight excluding hydrogens is 442 g/mol. The largest absolute Gasteiger partial charge is 0.378 e. The summed E-state index contributed by atoms with van der Waals surface area (Å²) in [5, 5.41) is 2.93. The van der Waals surface area contributed by atoms with Crippen LogP contribution in [0.25, 0.3) is 0 Å². The monoisotopic (exact) mass is 473 g/mol. The van der Waals surface area contributed by atoms with Crippen LogP contribution in [0.4, 0.5) is 5.69 Å². The Balaban J connectivity index is 1.72. The van der Waals surface area contributed by atoms with Crippen molar-refractivity contribution < 1.29 is 22.7 Å². The molecule has 0 saturated carbocycles. The number of benzene rings is 2. The average molecular weight is 474 g/mol. The van der Waals surface area contributed by atoms with Gasteiger partial charge >= 0.3 is 0 Å². The Morgan fingerprint density at radius 2 is 1.67 bits per heavy atom. The predicted octanol–water partition coefficient (Wildman–Crippen LogP) is 2.50. The lowest BCUT2D eigenvalue weighted by molar-refractivity contribution is -0.120. The zero-order valence-electron chi connectivity index (χ0n) is 19.3. The fourth-order valence-corrected chi connectivity index (χ4v) is 4.57. The fraction of sp³-hybridized carbons (Fsp3) is 0.417. The number of hydrogen-bond acceptors (Lipinski definition) is 5. The van der Waals surface area contributed by atoms with E-state index in [1.165, 1.54) is 0 Å². The highest BCUT2D eigenvalue weighted by Crippen LogP contribution is 2.21. The maximum atomic E-state index is 12.8. The number of morpholine rings is 1. The molecular formula is C24H31N3O5S. The molecule has 0 aromatic heterocycles. The Hall–Kier alpha value is -2.91. The van der Waals surface area contributed by atoms with E-state index in [2.05, 4.69) is 5.32 Å². The van der Waals surface area contributed by atoms with Crippen molar-refractivity contribution in [3.05, 3.63) is 65.2 Å². The third kappa shape index (κ3) is 6.55. The third-order valence-electron chi connectivity index (χ3n) is 5.61. The van der Waals surface area contributed by atoms with E-state index in [1.807, 2.05) is 38.1 Å². The van der Waals surface area contributed by atoms with Crippen LogP contribution in [0, 0.1) is 6.92 Å². The first-order valence-corrected chi connectivity index (χ1v) is 12.8. The zero-order chi connectivity index (χ0) is 24.0. The molecule has 2 amide bonds. The average Bonchev–Trinajstić information content (AvgIpc) is 2.81. The summed E-state index contributed by atoms with van der Waals surface area (Å²) in [6.07, 6.45) is 1.73. The van der Waals surface area contributed by atoms with Crippen molar-refractivity contribution in [3.63, 3.8) is 0 Å². The number of hydrogen-bond donors (Lipinski definition) is 1. The highest BCUT2D eigenvalue weighted by Gasteiger charge is 2.24. The van der Waals surface area contributed by atoms with Crippen LogP contribution in [0.15, 0.2) is 48.5 Å². The van der Waals surface area contributed by atoms with E-state index < -0.39 is 15.9 Å². The number of sulfonamides is 1. The summed E-state index contributed by atoms with van der Waals surface area (Å²) in [5.74, 6) is -0.529. The third-order valence-corrected chi connectivity index (χ3v) is 6.75. The molecule has 9 heteroatoms. The molecule has 1 atom stereocenters. The van der Waals surface area contributed by atoms with E-state index in [9.17, 15) is 18.0 Å². The van der Waals surface area contributed by atoms with Gasteiger partial charge in [0.15, 0.2) is 0 Å². The number of anilines is 1. The summed E-state index contributed by atoms with van der Waals surface area (Å²) in [7, 11) is -3.72. The van der Waals surface area contributed by atoms with Crippen LogP contribution >= 0.6 is 0 Å². The molecule has 1 aliphatic heterocycles. The van der Waals surface area contributed by atoms with Crippen molar-refractivity contribution in [1.29, 1.82) is 0 Å². The van der Waals surface area contributed by atoms with Gasteiger partial charge in [0.25, 0.3) is 5.91 Å². The summed E-state index contributed by atoms with van der Waals surface area (Å²) in [5.41, 5.74) is 2.88. The molecule has 2 aromatic rings. The summed E-state index contributed by atoms with van der Waals surface area (Å²) < 4.78 is 31.2. The summed E-state index contributed by atoms with van der Waals surface area (Å²) in [6, 6.07) is 13.9. The highest BCUT2D eigenvalue weighted by molar-refractivity contribution is 7.92. The van der Waals surface area contributed by atoms with E-state index in [-0.39, 0.29) is 18.5 Å². The Morgan fingerprint density at radius 3 is 2.21 bits per heavy atom. The normalized spacial score (nSPS) is 15.1. The van der Waals surface area contributed by atoms with Gasteiger partial charge in [0.1, 0.15) is 6.54 Å². The summed E-state index contributed by atoms with van der Waals surface area (Å²) >= 11 is 0. The first-order valence-electron chi connectivity index (χ1n) is 11.0. The van der Waals surface area contributed by atoms with Gasteiger partial charge in [-0.15, -0.1) is 0 Å². The smallest absolute Gasteiger partial charge is 0.254 e. The SMILES string of the molecule is CCC(NC(=O)CN(c1ccc(C(=O)N2CCOCC2)cc1)S(C)(=O)=O)c1ccc(C)cc1. The van der Waals surface area contributed by atoms with E-state index in [4.69, 9.17) is 4.74 Å². The molecule has 0 aliphatic carbocycles. The molecule has 1 fully saturated rings. The first-order chi connectivity index (χ1) is 15.7. The topological polar surface area (TPSA) is 96.0 Å². The molecule has 1 saturated heterocycles. The van der Waals surface area contributed by atoms with Gasteiger partial charge in [-0.1, -0.05) is 36.8 Å².